The number of hydrogen-bond donors (Lipinski definition) is 2. The Labute approximate surface area is 106 Å². The van der Waals surface area contributed by atoms with Crippen molar-refractivity contribution in [1.82, 2.24) is 10.3 Å². The Morgan fingerprint density at radius 2 is 1.94 bits per heavy atom. The van der Waals surface area contributed by atoms with Crippen LogP contribution >= 0.6 is 0 Å². The topological polar surface area (TPSA) is 79.3 Å². The Hall–Kier alpha value is -1.91. The zero-order valence-electron chi connectivity index (χ0n) is 11.1. The van der Waals surface area contributed by atoms with E-state index in [1.807, 2.05) is 6.92 Å². The lowest BCUT2D eigenvalue weighted by Crippen LogP contribution is -2.39. The lowest BCUT2D eigenvalue weighted by Gasteiger charge is -2.19. The molecule has 0 aromatic carbocycles. The molecule has 2 N–H and O–H groups in total. The predicted molar refractivity (Wildman–Crippen MR) is 67.5 cm³/mol. The van der Waals surface area contributed by atoms with E-state index in [0.717, 1.165) is 5.69 Å². The molecule has 0 saturated carbocycles. The van der Waals surface area contributed by atoms with Gasteiger partial charge in [0.25, 0.3) is 5.91 Å². The third-order valence-corrected chi connectivity index (χ3v) is 2.74. The molecule has 0 spiro atoms. The number of rotatable bonds is 4. The molecule has 0 aliphatic carbocycles. The Morgan fingerprint density at radius 3 is 2.44 bits per heavy atom. The van der Waals surface area contributed by atoms with Gasteiger partial charge in [0, 0.05) is 12.2 Å². The second-order valence-electron chi connectivity index (χ2n) is 4.96. The maximum absolute atomic E-state index is 11.9. The lowest BCUT2D eigenvalue weighted by atomic mass is 9.94. The maximum Gasteiger partial charge on any atom is 0.310 e. The molecule has 0 aliphatic heterocycles. The zero-order valence-corrected chi connectivity index (χ0v) is 11.1. The molecule has 1 aromatic rings. The van der Waals surface area contributed by atoms with E-state index in [0.29, 0.717) is 11.3 Å². The molecule has 0 radical (unpaired) electrons. The fraction of sp³-hybridized carbons (Fsp3) is 0.462. The molecule has 18 heavy (non-hydrogen) atoms. The van der Waals surface area contributed by atoms with Gasteiger partial charge in [-0.25, -0.2) is 0 Å². The number of amides is 1. The zero-order chi connectivity index (χ0) is 13.9. The lowest BCUT2D eigenvalue weighted by molar-refractivity contribution is -0.146. The van der Waals surface area contributed by atoms with Crippen molar-refractivity contribution in [1.29, 1.82) is 0 Å². The number of nitrogens with zero attached hydrogens (tertiary/aromatic N) is 1. The minimum Gasteiger partial charge on any atom is -0.481 e. The van der Waals surface area contributed by atoms with Gasteiger partial charge in [0.2, 0.25) is 0 Å². The van der Waals surface area contributed by atoms with Gasteiger partial charge in [0.15, 0.2) is 0 Å². The molecule has 1 heterocycles. The number of aliphatic carboxylic acids is 1. The summed E-state index contributed by atoms with van der Waals surface area (Å²) in [6.07, 6.45) is 0. The second kappa shape index (κ2) is 5.16. The average molecular weight is 250 g/mol. The number of carboxylic acids is 1. The fourth-order valence-corrected chi connectivity index (χ4v) is 1.40. The number of carboxylic acid groups (broad SMARTS) is 1. The van der Waals surface area contributed by atoms with Gasteiger partial charge in [0.1, 0.15) is 0 Å². The Kier molecular flexibility index (Phi) is 4.06. The summed E-state index contributed by atoms with van der Waals surface area (Å²) in [4.78, 5) is 27.0. The third-order valence-electron chi connectivity index (χ3n) is 2.74. The first-order chi connectivity index (χ1) is 8.24. The molecular formula is C13H18N2O3. The van der Waals surface area contributed by atoms with E-state index >= 15 is 0 Å². The highest BCUT2D eigenvalue weighted by molar-refractivity contribution is 5.95. The highest BCUT2D eigenvalue weighted by atomic mass is 16.4. The minimum absolute atomic E-state index is 0.0779. The van der Waals surface area contributed by atoms with Crippen molar-refractivity contribution < 1.29 is 14.7 Å². The number of carbonyl (C=O) groups is 2. The van der Waals surface area contributed by atoms with Crippen molar-refractivity contribution in [2.45, 2.75) is 27.7 Å². The molecule has 1 amide bonds. The van der Waals surface area contributed by atoms with Crippen LogP contribution in [0.3, 0.4) is 0 Å². The first-order valence-electron chi connectivity index (χ1n) is 5.70. The molecule has 0 aliphatic rings. The number of carbonyl (C=O) groups excluding carboxylic acids is 1. The molecule has 5 heteroatoms. The van der Waals surface area contributed by atoms with Crippen LogP contribution in [0.5, 0.6) is 0 Å². The summed E-state index contributed by atoms with van der Waals surface area (Å²) in [6.45, 7) is 6.81. The largest absolute Gasteiger partial charge is 0.481 e. The van der Waals surface area contributed by atoms with Crippen LogP contribution in [-0.4, -0.2) is 28.5 Å². The van der Waals surface area contributed by atoms with E-state index in [4.69, 9.17) is 5.11 Å². The highest BCUT2D eigenvalue weighted by Gasteiger charge is 2.27. The van der Waals surface area contributed by atoms with Crippen molar-refractivity contribution in [2.75, 3.05) is 6.54 Å². The van der Waals surface area contributed by atoms with Gasteiger partial charge in [-0.1, -0.05) is 0 Å². The highest BCUT2D eigenvalue weighted by Crippen LogP contribution is 2.14. The van der Waals surface area contributed by atoms with E-state index in [2.05, 4.69) is 10.3 Å². The van der Waals surface area contributed by atoms with Gasteiger partial charge < -0.3 is 10.4 Å². The number of nitrogens with one attached hydrogen (secondary N) is 1. The second-order valence-corrected chi connectivity index (χ2v) is 4.96. The molecule has 0 unspecified atom stereocenters. The summed E-state index contributed by atoms with van der Waals surface area (Å²) in [5.74, 6) is -1.24. The molecule has 0 fully saturated rings. The summed E-state index contributed by atoms with van der Waals surface area (Å²) >= 11 is 0. The van der Waals surface area contributed by atoms with Crippen molar-refractivity contribution in [3.63, 3.8) is 0 Å². The van der Waals surface area contributed by atoms with Crippen LogP contribution in [0.15, 0.2) is 12.1 Å². The first-order valence-corrected chi connectivity index (χ1v) is 5.70. The van der Waals surface area contributed by atoms with Crippen molar-refractivity contribution in [3.8, 4) is 0 Å². The standard InChI is InChI=1S/C13H18N2O3/c1-8-5-6-10(9(2)15-8)11(16)14-7-13(3,4)12(17)18/h5-6H,7H2,1-4H3,(H,14,16)(H,17,18). The number of hydrogen-bond acceptors (Lipinski definition) is 3. The van der Waals surface area contributed by atoms with Crippen molar-refractivity contribution >= 4 is 11.9 Å². The summed E-state index contributed by atoms with van der Waals surface area (Å²) in [6, 6.07) is 3.45. The summed E-state index contributed by atoms with van der Waals surface area (Å²) in [5.41, 5.74) is 0.971. The Bertz CT molecular complexity index is 481. The van der Waals surface area contributed by atoms with Gasteiger partial charge in [0.05, 0.1) is 16.7 Å². The van der Waals surface area contributed by atoms with Gasteiger partial charge >= 0.3 is 5.97 Å². The van der Waals surface area contributed by atoms with Crippen LogP contribution in [0.4, 0.5) is 0 Å². The van der Waals surface area contributed by atoms with Gasteiger partial charge in [-0.05, 0) is 39.8 Å². The van der Waals surface area contributed by atoms with Gasteiger partial charge in [-0.3, -0.25) is 14.6 Å². The van der Waals surface area contributed by atoms with Crippen LogP contribution in [0.2, 0.25) is 0 Å². The molecule has 0 bridgehead atoms. The quantitative estimate of drug-likeness (QED) is 0.849. The summed E-state index contributed by atoms with van der Waals surface area (Å²) in [7, 11) is 0. The average Bonchev–Trinajstić information content (AvgIpc) is 2.25. The summed E-state index contributed by atoms with van der Waals surface area (Å²) in [5, 5.41) is 11.6. The SMILES string of the molecule is Cc1ccc(C(=O)NCC(C)(C)C(=O)O)c(C)n1. The predicted octanol–water partition coefficient (Wildman–Crippen LogP) is 1.54. The fourth-order valence-electron chi connectivity index (χ4n) is 1.40. The van der Waals surface area contributed by atoms with Crippen LogP contribution in [0.25, 0.3) is 0 Å². The normalized spacial score (nSPS) is 11.1. The molecule has 1 rings (SSSR count). The minimum atomic E-state index is -0.984. The van der Waals surface area contributed by atoms with E-state index in [-0.39, 0.29) is 12.5 Å². The Balaban J connectivity index is 2.75. The van der Waals surface area contributed by atoms with Gasteiger partial charge in [-0.15, -0.1) is 0 Å². The summed E-state index contributed by atoms with van der Waals surface area (Å²) < 4.78 is 0. The van der Waals surface area contributed by atoms with Crippen LogP contribution < -0.4 is 5.32 Å². The van der Waals surface area contributed by atoms with Crippen LogP contribution in [0, 0.1) is 19.3 Å². The molecule has 98 valence electrons. The number of pyridine rings is 1. The van der Waals surface area contributed by atoms with Crippen molar-refractivity contribution in [2.24, 2.45) is 5.41 Å². The molecule has 0 saturated heterocycles. The molecule has 0 atom stereocenters. The Morgan fingerprint density at radius 1 is 1.33 bits per heavy atom. The van der Waals surface area contributed by atoms with E-state index in [1.54, 1.807) is 32.9 Å². The molecular weight excluding hydrogens is 232 g/mol. The smallest absolute Gasteiger partial charge is 0.310 e. The van der Waals surface area contributed by atoms with E-state index in [9.17, 15) is 9.59 Å². The molecule has 1 aromatic heterocycles. The molecule has 5 nitrogen and oxygen atoms in total. The number of aromatic nitrogens is 1. The number of aryl methyl sites for hydroxylation is 2. The van der Waals surface area contributed by atoms with Crippen molar-refractivity contribution in [3.05, 3.63) is 29.1 Å². The monoisotopic (exact) mass is 250 g/mol. The third kappa shape index (κ3) is 3.29. The maximum atomic E-state index is 11.9. The first kappa shape index (κ1) is 14.2. The van der Waals surface area contributed by atoms with Crippen LogP contribution in [-0.2, 0) is 4.79 Å². The van der Waals surface area contributed by atoms with Gasteiger partial charge in [-0.2, -0.15) is 0 Å². The van der Waals surface area contributed by atoms with Crippen LogP contribution in [0.1, 0.15) is 35.6 Å². The van der Waals surface area contributed by atoms with E-state index in [1.165, 1.54) is 0 Å². The van der Waals surface area contributed by atoms with E-state index < -0.39 is 11.4 Å².